The molecule has 0 aromatic heterocycles. The van der Waals surface area contributed by atoms with E-state index in [1.54, 1.807) is 11.9 Å². The second-order valence-electron chi connectivity index (χ2n) is 4.67. The Balaban J connectivity index is 2.50. The highest BCUT2D eigenvalue weighted by atomic mass is 16.4. The lowest BCUT2D eigenvalue weighted by Gasteiger charge is -2.23. The first-order valence-electron chi connectivity index (χ1n) is 6.16. The number of carbonyl (C=O) groups excluding carboxylic acids is 1. The van der Waals surface area contributed by atoms with Crippen molar-refractivity contribution in [2.75, 3.05) is 13.6 Å². The van der Waals surface area contributed by atoms with Crippen LogP contribution in [-0.4, -0.2) is 35.5 Å². The first-order valence-corrected chi connectivity index (χ1v) is 6.16. The molecule has 17 heavy (non-hydrogen) atoms. The average Bonchev–Trinajstić information content (AvgIpc) is 2.77. The number of carboxylic acids is 1. The van der Waals surface area contributed by atoms with E-state index in [2.05, 4.69) is 6.58 Å². The van der Waals surface area contributed by atoms with Crippen LogP contribution in [0, 0.1) is 11.8 Å². The summed E-state index contributed by atoms with van der Waals surface area (Å²) in [5.41, 5.74) is 0. The van der Waals surface area contributed by atoms with Crippen molar-refractivity contribution in [3.63, 3.8) is 0 Å². The number of nitrogens with zero attached hydrogens (tertiary/aromatic N) is 1. The van der Waals surface area contributed by atoms with E-state index in [-0.39, 0.29) is 11.8 Å². The van der Waals surface area contributed by atoms with Crippen molar-refractivity contribution in [1.82, 2.24) is 4.90 Å². The lowest BCUT2D eigenvalue weighted by atomic mass is 9.95. The highest BCUT2D eigenvalue weighted by molar-refractivity contribution is 5.85. The normalized spacial score (nSPS) is 23.4. The van der Waals surface area contributed by atoms with Crippen LogP contribution in [0.1, 0.15) is 32.1 Å². The molecule has 1 rings (SSSR count). The van der Waals surface area contributed by atoms with Gasteiger partial charge in [-0.25, -0.2) is 0 Å². The van der Waals surface area contributed by atoms with Crippen molar-refractivity contribution in [2.45, 2.75) is 32.1 Å². The molecule has 2 unspecified atom stereocenters. The molecule has 2 atom stereocenters. The maximum absolute atomic E-state index is 12.1. The Morgan fingerprint density at radius 1 is 1.41 bits per heavy atom. The molecule has 0 aliphatic heterocycles. The van der Waals surface area contributed by atoms with Crippen LogP contribution < -0.4 is 0 Å². The van der Waals surface area contributed by atoms with Gasteiger partial charge < -0.3 is 10.0 Å². The minimum Gasteiger partial charge on any atom is -0.481 e. The summed E-state index contributed by atoms with van der Waals surface area (Å²) in [5.74, 6) is -1.65. The van der Waals surface area contributed by atoms with Gasteiger partial charge >= 0.3 is 5.97 Å². The number of unbranched alkanes of at least 4 members (excludes halogenated alkanes) is 1. The summed E-state index contributed by atoms with van der Waals surface area (Å²) in [4.78, 5) is 24.8. The summed E-state index contributed by atoms with van der Waals surface area (Å²) in [6.45, 7) is 4.31. The second kappa shape index (κ2) is 6.42. The van der Waals surface area contributed by atoms with Gasteiger partial charge in [0.2, 0.25) is 5.91 Å². The zero-order valence-electron chi connectivity index (χ0n) is 10.4. The van der Waals surface area contributed by atoms with Crippen molar-refractivity contribution in [2.24, 2.45) is 11.8 Å². The lowest BCUT2D eigenvalue weighted by Crippen LogP contribution is -2.37. The molecule has 0 bridgehead atoms. The van der Waals surface area contributed by atoms with Crippen LogP contribution in [0.25, 0.3) is 0 Å². The largest absolute Gasteiger partial charge is 0.481 e. The number of amides is 1. The van der Waals surface area contributed by atoms with Gasteiger partial charge in [-0.1, -0.05) is 12.5 Å². The molecular formula is C13H21NO3. The molecule has 0 spiro atoms. The molecule has 4 heteroatoms. The van der Waals surface area contributed by atoms with Crippen LogP contribution in [0.5, 0.6) is 0 Å². The zero-order chi connectivity index (χ0) is 12.8. The Kier molecular flexibility index (Phi) is 5.19. The van der Waals surface area contributed by atoms with Gasteiger partial charge in [0, 0.05) is 13.6 Å². The molecule has 1 fully saturated rings. The maximum atomic E-state index is 12.1. The highest BCUT2D eigenvalue weighted by Gasteiger charge is 2.38. The summed E-state index contributed by atoms with van der Waals surface area (Å²) in [6, 6.07) is 0. The number of carbonyl (C=O) groups is 2. The summed E-state index contributed by atoms with van der Waals surface area (Å²) in [6.07, 6.45) is 5.77. The first kappa shape index (κ1) is 13.7. The van der Waals surface area contributed by atoms with Crippen molar-refractivity contribution >= 4 is 11.9 Å². The molecule has 0 aromatic carbocycles. The molecular weight excluding hydrogens is 218 g/mol. The fourth-order valence-corrected chi connectivity index (χ4v) is 2.42. The fourth-order valence-electron chi connectivity index (χ4n) is 2.42. The summed E-state index contributed by atoms with van der Waals surface area (Å²) in [5, 5.41) is 9.04. The third kappa shape index (κ3) is 3.58. The molecule has 1 N–H and O–H groups in total. The predicted octanol–water partition coefficient (Wildman–Crippen LogP) is 1.91. The van der Waals surface area contributed by atoms with E-state index in [9.17, 15) is 9.59 Å². The van der Waals surface area contributed by atoms with Gasteiger partial charge in [-0.3, -0.25) is 9.59 Å². The summed E-state index contributed by atoms with van der Waals surface area (Å²) < 4.78 is 0. The van der Waals surface area contributed by atoms with E-state index >= 15 is 0 Å². The first-order chi connectivity index (χ1) is 8.07. The predicted molar refractivity (Wildman–Crippen MR) is 65.5 cm³/mol. The van der Waals surface area contributed by atoms with E-state index in [0.717, 1.165) is 19.3 Å². The third-order valence-electron chi connectivity index (χ3n) is 3.43. The number of rotatable bonds is 6. The van der Waals surface area contributed by atoms with Gasteiger partial charge in [-0.2, -0.15) is 0 Å². The molecule has 0 heterocycles. The van der Waals surface area contributed by atoms with Crippen LogP contribution >= 0.6 is 0 Å². The molecule has 1 saturated carbocycles. The Bertz CT molecular complexity index is 301. The number of carboxylic acid groups (broad SMARTS) is 1. The van der Waals surface area contributed by atoms with Gasteiger partial charge in [0.05, 0.1) is 11.8 Å². The Labute approximate surface area is 102 Å². The van der Waals surface area contributed by atoms with Crippen LogP contribution in [0.4, 0.5) is 0 Å². The second-order valence-corrected chi connectivity index (χ2v) is 4.67. The minimum atomic E-state index is -0.833. The number of hydrogen-bond acceptors (Lipinski definition) is 2. The van der Waals surface area contributed by atoms with Crippen LogP contribution in [0.2, 0.25) is 0 Å². The molecule has 4 nitrogen and oxygen atoms in total. The topological polar surface area (TPSA) is 57.6 Å². The average molecular weight is 239 g/mol. The molecule has 1 amide bonds. The monoisotopic (exact) mass is 239 g/mol. The van der Waals surface area contributed by atoms with Gasteiger partial charge in [-0.05, 0) is 25.7 Å². The number of hydrogen-bond donors (Lipinski definition) is 1. The standard InChI is InChI=1S/C13H21NO3/c1-3-4-5-9-14(2)12(15)10-7-6-8-11(10)13(16)17/h3,10-11H,1,4-9H2,2H3,(H,16,17). The van der Waals surface area contributed by atoms with E-state index in [1.807, 2.05) is 6.08 Å². The quantitative estimate of drug-likeness (QED) is 0.569. The zero-order valence-corrected chi connectivity index (χ0v) is 10.4. The van der Waals surface area contributed by atoms with Gasteiger partial charge in [0.25, 0.3) is 0 Å². The Morgan fingerprint density at radius 2 is 2.06 bits per heavy atom. The SMILES string of the molecule is C=CCCCN(C)C(=O)C1CCCC1C(=O)O. The molecule has 1 aliphatic carbocycles. The molecule has 96 valence electrons. The van der Waals surface area contributed by atoms with E-state index < -0.39 is 11.9 Å². The molecule has 0 aromatic rings. The number of allylic oxidation sites excluding steroid dienone is 1. The van der Waals surface area contributed by atoms with Crippen LogP contribution in [0.15, 0.2) is 12.7 Å². The Hall–Kier alpha value is -1.32. The third-order valence-corrected chi connectivity index (χ3v) is 3.43. The summed E-state index contributed by atoms with van der Waals surface area (Å²) in [7, 11) is 1.75. The van der Waals surface area contributed by atoms with Crippen molar-refractivity contribution in [1.29, 1.82) is 0 Å². The smallest absolute Gasteiger partial charge is 0.307 e. The van der Waals surface area contributed by atoms with E-state index in [1.165, 1.54) is 0 Å². The van der Waals surface area contributed by atoms with Gasteiger partial charge in [0.1, 0.15) is 0 Å². The fraction of sp³-hybridized carbons (Fsp3) is 0.692. The van der Waals surface area contributed by atoms with Gasteiger partial charge in [-0.15, -0.1) is 6.58 Å². The van der Waals surface area contributed by atoms with E-state index in [4.69, 9.17) is 5.11 Å². The molecule has 0 radical (unpaired) electrons. The minimum absolute atomic E-state index is 0.0148. The van der Waals surface area contributed by atoms with Crippen molar-refractivity contribution < 1.29 is 14.7 Å². The van der Waals surface area contributed by atoms with Crippen LogP contribution in [0.3, 0.4) is 0 Å². The molecule has 0 saturated heterocycles. The Morgan fingerprint density at radius 3 is 2.65 bits per heavy atom. The van der Waals surface area contributed by atoms with Crippen LogP contribution in [-0.2, 0) is 9.59 Å². The maximum Gasteiger partial charge on any atom is 0.307 e. The lowest BCUT2D eigenvalue weighted by molar-refractivity contribution is -0.148. The molecule has 1 aliphatic rings. The van der Waals surface area contributed by atoms with Crippen molar-refractivity contribution in [3.8, 4) is 0 Å². The van der Waals surface area contributed by atoms with Crippen molar-refractivity contribution in [3.05, 3.63) is 12.7 Å². The van der Waals surface area contributed by atoms with Gasteiger partial charge in [0.15, 0.2) is 0 Å². The highest BCUT2D eigenvalue weighted by Crippen LogP contribution is 2.33. The van der Waals surface area contributed by atoms with E-state index in [0.29, 0.717) is 19.4 Å². The number of aliphatic carboxylic acids is 1. The summed E-state index contributed by atoms with van der Waals surface area (Å²) >= 11 is 0.